The fourth-order valence-corrected chi connectivity index (χ4v) is 2.21. The molecule has 2 aromatic carbocycles. The lowest BCUT2D eigenvalue weighted by Gasteiger charge is -2.09. The van der Waals surface area contributed by atoms with E-state index in [2.05, 4.69) is 21.2 Å². The van der Waals surface area contributed by atoms with Crippen molar-refractivity contribution in [2.24, 2.45) is 0 Å². The molecular weight excluding hydrogens is 340 g/mol. The molecular formula is C13H7BrClF2NO. The molecule has 0 aliphatic heterocycles. The molecule has 0 unspecified atom stereocenters. The largest absolute Gasteiger partial charge is 0.318 e. The molecule has 0 radical (unpaired) electrons. The van der Waals surface area contributed by atoms with Crippen LogP contribution in [0.5, 0.6) is 0 Å². The van der Waals surface area contributed by atoms with Gasteiger partial charge in [-0.3, -0.25) is 4.79 Å². The second kappa shape index (κ2) is 5.67. The molecule has 0 aliphatic rings. The molecule has 0 saturated carbocycles. The topological polar surface area (TPSA) is 29.1 Å². The van der Waals surface area contributed by atoms with E-state index in [1.54, 1.807) is 0 Å². The van der Waals surface area contributed by atoms with Crippen molar-refractivity contribution in [3.05, 3.63) is 63.1 Å². The van der Waals surface area contributed by atoms with Crippen LogP contribution in [-0.4, -0.2) is 5.91 Å². The summed E-state index contributed by atoms with van der Waals surface area (Å²) >= 11 is 8.87. The number of halogens is 4. The van der Waals surface area contributed by atoms with Gasteiger partial charge in [0.2, 0.25) is 0 Å². The first-order valence-electron chi connectivity index (χ1n) is 5.19. The monoisotopic (exact) mass is 345 g/mol. The molecule has 0 fully saturated rings. The third kappa shape index (κ3) is 3.11. The Morgan fingerprint density at radius 3 is 2.58 bits per heavy atom. The summed E-state index contributed by atoms with van der Waals surface area (Å²) in [6.07, 6.45) is 0. The molecule has 2 nitrogen and oxygen atoms in total. The number of hydrogen-bond acceptors (Lipinski definition) is 1. The van der Waals surface area contributed by atoms with Gasteiger partial charge >= 0.3 is 0 Å². The highest BCUT2D eigenvalue weighted by atomic mass is 79.9. The number of anilines is 1. The number of benzene rings is 2. The molecule has 6 heteroatoms. The lowest BCUT2D eigenvalue weighted by Crippen LogP contribution is -2.14. The second-order valence-corrected chi connectivity index (χ2v) is 4.94. The Morgan fingerprint density at radius 2 is 1.95 bits per heavy atom. The summed E-state index contributed by atoms with van der Waals surface area (Å²) in [6.45, 7) is 0. The Balaban J connectivity index is 2.31. The Hall–Kier alpha value is -1.46. The number of nitrogens with one attached hydrogen (secondary N) is 1. The number of amides is 1. The first-order valence-corrected chi connectivity index (χ1v) is 6.36. The van der Waals surface area contributed by atoms with Crippen LogP contribution >= 0.6 is 27.5 Å². The Bertz CT molecular complexity index is 628. The Morgan fingerprint density at radius 1 is 1.21 bits per heavy atom. The number of carbonyl (C=O) groups excluding carboxylic acids is 1. The van der Waals surface area contributed by atoms with E-state index in [0.717, 1.165) is 12.1 Å². The van der Waals surface area contributed by atoms with Crippen LogP contribution in [-0.2, 0) is 0 Å². The molecule has 0 heterocycles. The van der Waals surface area contributed by atoms with E-state index in [-0.39, 0.29) is 20.7 Å². The van der Waals surface area contributed by atoms with E-state index in [9.17, 15) is 13.6 Å². The molecule has 0 aliphatic carbocycles. The highest BCUT2D eigenvalue weighted by Crippen LogP contribution is 2.26. The third-order valence-corrected chi connectivity index (χ3v) is 3.35. The van der Waals surface area contributed by atoms with Crippen LogP contribution in [0.15, 0.2) is 40.9 Å². The zero-order valence-electron chi connectivity index (χ0n) is 9.38. The van der Waals surface area contributed by atoms with Crippen molar-refractivity contribution in [1.82, 2.24) is 0 Å². The van der Waals surface area contributed by atoms with E-state index < -0.39 is 17.5 Å². The predicted molar refractivity (Wildman–Crippen MR) is 73.5 cm³/mol. The quantitative estimate of drug-likeness (QED) is 0.844. The lowest BCUT2D eigenvalue weighted by atomic mass is 10.2. The van der Waals surface area contributed by atoms with Crippen molar-refractivity contribution >= 4 is 39.1 Å². The number of para-hydroxylation sites is 1. The molecule has 2 rings (SSSR count). The van der Waals surface area contributed by atoms with Gasteiger partial charge in [0.1, 0.15) is 11.6 Å². The molecule has 0 saturated heterocycles. The van der Waals surface area contributed by atoms with Gasteiger partial charge in [-0.05, 0) is 46.3 Å². The summed E-state index contributed by atoms with van der Waals surface area (Å²) < 4.78 is 26.7. The van der Waals surface area contributed by atoms with E-state index in [1.807, 2.05) is 0 Å². The fraction of sp³-hybridized carbons (Fsp3) is 0. The molecule has 0 bridgehead atoms. The number of hydrogen-bond donors (Lipinski definition) is 1. The Labute approximate surface area is 121 Å². The maximum atomic E-state index is 13.5. The van der Waals surface area contributed by atoms with Crippen LogP contribution in [0.2, 0.25) is 5.02 Å². The van der Waals surface area contributed by atoms with Crippen LogP contribution in [0.3, 0.4) is 0 Å². The second-order valence-electron chi connectivity index (χ2n) is 3.67. The van der Waals surface area contributed by atoms with Gasteiger partial charge in [-0.1, -0.05) is 17.7 Å². The first-order chi connectivity index (χ1) is 8.99. The van der Waals surface area contributed by atoms with Gasteiger partial charge in [0.15, 0.2) is 0 Å². The minimum Gasteiger partial charge on any atom is -0.318 e. The van der Waals surface area contributed by atoms with Gasteiger partial charge in [-0.15, -0.1) is 0 Å². The molecule has 0 aromatic heterocycles. The van der Waals surface area contributed by atoms with Gasteiger partial charge in [-0.25, -0.2) is 8.78 Å². The lowest BCUT2D eigenvalue weighted by molar-refractivity contribution is 0.102. The smallest absolute Gasteiger partial charge is 0.256 e. The minimum absolute atomic E-state index is 0.0894. The highest BCUT2D eigenvalue weighted by Gasteiger charge is 2.15. The molecule has 0 atom stereocenters. The van der Waals surface area contributed by atoms with E-state index in [1.165, 1.54) is 24.3 Å². The van der Waals surface area contributed by atoms with Crippen molar-refractivity contribution in [3.8, 4) is 0 Å². The van der Waals surface area contributed by atoms with E-state index >= 15 is 0 Å². The maximum absolute atomic E-state index is 13.5. The van der Waals surface area contributed by atoms with Gasteiger partial charge in [-0.2, -0.15) is 0 Å². The maximum Gasteiger partial charge on any atom is 0.256 e. The normalized spacial score (nSPS) is 10.3. The van der Waals surface area contributed by atoms with Crippen LogP contribution in [0, 0.1) is 11.6 Å². The molecule has 1 amide bonds. The van der Waals surface area contributed by atoms with E-state index in [4.69, 9.17) is 11.6 Å². The number of rotatable bonds is 2. The standard InChI is InChI=1S/C13H7BrClF2NO/c14-9-6-7(16)4-5-8(9)13(19)18-12-10(15)2-1-3-11(12)17/h1-6H,(H,18,19). The molecule has 2 aromatic rings. The predicted octanol–water partition coefficient (Wildman–Crippen LogP) is 4.63. The summed E-state index contributed by atoms with van der Waals surface area (Å²) in [5.41, 5.74) is 0.0751. The summed E-state index contributed by atoms with van der Waals surface area (Å²) in [6, 6.07) is 7.66. The zero-order valence-corrected chi connectivity index (χ0v) is 11.7. The van der Waals surface area contributed by atoms with Crippen LogP contribution in [0.25, 0.3) is 0 Å². The average Bonchev–Trinajstić information content (AvgIpc) is 2.33. The van der Waals surface area contributed by atoms with Crippen LogP contribution < -0.4 is 5.32 Å². The molecule has 1 N–H and O–H groups in total. The van der Waals surface area contributed by atoms with Gasteiger partial charge < -0.3 is 5.32 Å². The summed E-state index contributed by atoms with van der Waals surface area (Å²) in [4.78, 5) is 12.0. The summed E-state index contributed by atoms with van der Waals surface area (Å²) in [5.74, 6) is -1.70. The van der Waals surface area contributed by atoms with Crippen molar-refractivity contribution in [1.29, 1.82) is 0 Å². The summed E-state index contributed by atoms with van der Waals surface area (Å²) in [5, 5.41) is 2.45. The fourth-order valence-electron chi connectivity index (χ4n) is 1.47. The SMILES string of the molecule is O=C(Nc1c(F)cccc1Cl)c1ccc(F)cc1Br. The zero-order chi connectivity index (χ0) is 14.0. The van der Waals surface area contributed by atoms with Gasteiger partial charge in [0.25, 0.3) is 5.91 Å². The molecule has 98 valence electrons. The minimum atomic E-state index is -0.640. The summed E-state index contributed by atoms with van der Waals surface area (Å²) in [7, 11) is 0. The van der Waals surface area contributed by atoms with Gasteiger partial charge in [0.05, 0.1) is 16.3 Å². The van der Waals surface area contributed by atoms with Gasteiger partial charge in [0, 0.05) is 4.47 Å². The average molecular weight is 347 g/mol. The van der Waals surface area contributed by atoms with Crippen LogP contribution in [0.1, 0.15) is 10.4 Å². The molecule has 0 spiro atoms. The van der Waals surface area contributed by atoms with E-state index in [0.29, 0.717) is 0 Å². The first kappa shape index (κ1) is 14.0. The van der Waals surface area contributed by atoms with Crippen LogP contribution in [0.4, 0.5) is 14.5 Å². The van der Waals surface area contributed by atoms with Crippen molar-refractivity contribution in [3.63, 3.8) is 0 Å². The van der Waals surface area contributed by atoms with Crippen molar-refractivity contribution in [2.75, 3.05) is 5.32 Å². The van der Waals surface area contributed by atoms with Crippen molar-refractivity contribution < 1.29 is 13.6 Å². The Kier molecular flexibility index (Phi) is 4.17. The molecule has 19 heavy (non-hydrogen) atoms. The number of carbonyl (C=O) groups is 1. The highest BCUT2D eigenvalue weighted by molar-refractivity contribution is 9.10. The van der Waals surface area contributed by atoms with Crippen molar-refractivity contribution in [2.45, 2.75) is 0 Å². The third-order valence-electron chi connectivity index (χ3n) is 2.38.